The Morgan fingerprint density at radius 3 is 1.58 bits per heavy atom. The quantitative estimate of drug-likeness (QED) is 0.166. The molecule has 0 atom stereocenters. The first-order chi connectivity index (χ1) is 25.8. The molecular weight excluding hydrogens is 633 g/mol. The van der Waals surface area contributed by atoms with Crippen LogP contribution in [0.25, 0.3) is 76.9 Å². The van der Waals surface area contributed by atoms with Crippen molar-refractivity contribution >= 4 is 60.5 Å². The Kier molecular flexibility index (Phi) is 7.14. The van der Waals surface area contributed by atoms with Crippen molar-refractivity contribution in [3.05, 3.63) is 194 Å². The molecule has 0 aliphatic rings. The fourth-order valence-electron chi connectivity index (χ4n) is 7.79. The molecule has 2 heterocycles. The van der Waals surface area contributed by atoms with E-state index < -0.39 is 0 Å². The SMILES string of the molecule is c1ccc(N(c2ccccc2)c2ccc(-c3c(-c4ccc(-c5cccnc5)cc4)c4ccccc4c4c3ccc3c5ccccc5oc34)cc2)cc1. The molecule has 10 aromatic rings. The number of benzene rings is 8. The third-order valence-corrected chi connectivity index (χ3v) is 10.1. The second kappa shape index (κ2) is 12.4. The van der Waals surface area contributed by atoms with Crippen molar-refractivity contribution < 1.29 is 4.42 Å². The summed E-state index contributed by atoms with van der Waals surface area (Å²) in [6, 6.07) is 64.8. The van der Waals surface area contributed by atoms with Crippen LogP contribution < -0.4 is 4.90 Å². The van der Waals surface area contributed by atoms with Gasteiger partial charge in [0.25, 0.3) is 0 Å². The van der Waals surface area contributed by atoms with Crippen LogP contribution in [0.5, 0.6) is 0 Å². The molecular formula is C49H32N2O. The number of para-hydroxylation sites is 3. The minimum absolute atomic E-state index is 0.900. The normalized spacial score (nSPS) is 11.5. The van der Waals surface area contributed by atoms with Gasteiger partial charge in [-0.3, -0.25) is 4.98 Å². The molecule has 0 spiro atoms. The summed E-state index contributed by atoms with van der Waals surface area (Å²) in [6.07, 6.45) is 3.73. The third-order valence-electron chi connectivity index (χ3n) is 10.1. The summed E-state index contributed by atoms with van der Waals surface area (Å²) in [4.78, 5) is 6.66. The number of fused-ring (bicyclic) bond motifs is 7. The molecule has 3 nitrogen and oxygen atoms in total. The van der Waals surface area contributed by atoms with Gasteiger partial charge in [-0.05, 0) is 104 Å². The first kappa shape index (κ1) is 29.9. The highest BCUT2D eigenvalue weighted by Crippen LogP contribution is 2.48. The van der Waals surface area contributed by atoms with Crippen LogP contribution in [-0.2, 0) is 0 Å². The lowest BCUT2D eigenvalue weighted by molar-refractivity contribution is 0.673. The smallest absolute Gasteiger partial charge is 0.143 e. The summed E-state index contributed by atoms with van der Waals surface area (Å²) in [6.45, 7) is 0. The number of furan rings is 1. The molecule has 0 saturated heterocycles. The maximum Gasteiger partial charge on any atom is 0.143 e. The molecule has 0 aliphatic heterocycles. The van der Waals surface area contributed by atoms with Gasteiger partial charge in [-0.25, -0.2) is 0 Å². The van der Waals surface area contributed by atoms with E-state index in [2.05, 4.69) is 180 Å². The van der Waals surface area contributed by atoms with E-state index in [1.807, 2.05) is 24.5 Å². The van der Waals surface area contributed by atoms with Crippen molar-refractivity contribution in [2.24, 2.45) is 0 Å². The highest BCUT2D eigenvalue weighted by atomic mass is 16.3. The number of nitrogens with zero attached hydrogens (tertiary/aromatic N) is 2. The van der Waals surface area contributed by atoms with Crippen LogP contribution in [-0.4, -0.2) is 4.98 Å². The second-order valence-electron chi connectivity index (χ2n) is 13.1. The van der Waals surface area contributed by atoms with Gasteiger partial charge in [0.15, 0.2) is 0 Å². The summed E-state index contributed by atoms with van der Waals surface area (Å²) in [7, 11) is 0. The van der Waals surface area contributed by atoms with E-state index in [9.17, 15) is 0 Å². The van der Waals surface area contributed by atoms with Gasteiger partial charge in [-0.1, -0.05) is 127 Å². The van der Waals surface area contributed by atoms with Crippen molar-refractivity contribution in [1.82, 2.24) is 4.98 Å². The van der Waals surface area contributed by atoms with Crippen LogP contribution >= 0.6 is 0 Å². The van der Waals surface area contributed by atoms with Crippen molar-refractivity contribution in [2.45, 2.75) is 0 Å². The molecule has 10 rings (SSSR count). The van der Waals surface area contributed by atoms with Gasteiger partial charge in [-0.15, -0.1) is 0 Å². The first-order valence-corrected chi connectivity index (χ1v) is 17.6. The van der Waals surface area contributed by atoms with E-state index in [1.54, 1.807) is 0 Å². The molecule has 0 N–H and O–H groups in total. The summed E-state index contributed by atoms with van der Waals surface area (Å²) < 4.78 is 6.71. The number of hydrogen-bond acceptors (Lipinski definition) is 3. The molecule has 52 heavy (non-hydrogen) atoms. The molecule has 0 aliphatic carbocycles. The van der Waals surface area contributed by atoms with Crippen LogP contribution in [0.3, 0.4) is 0 Å². The minimum atomic E-state index is 0.900. The molecule has 2 aromatic heterocycles. The topological polar surface area (TPSA) is 29.3 Å². The predicted octanol–water partition coefficient (Wildman–Crippen LogP) is 13.8. The Morgan fingerprint density at radius 1 is 0.365 bits per heavy atom. The molecule has 244 valence electrons. The van der Waals surface area contributed by atoms with Crippen molar-refractivity contribution in [3.63, 3.8) is 0 Å². The Labute approximate surface area is 301 Å². The van der Waals surface area contributed by atoms with Crippen LogP contribution in [0.15, 0.2) is 199 Å². The van der Waals surface area contributed by atoms with Gasteiger partial charge in [-0.2, -0.15) is 0 Å². The average molecular weight is 665 g/mol. The summed E-state index contributed by atoms with van der Waals surface area (Å²) in [5, 5.41) is 6.91. The Morgan fingerprint density at radius 2 is 0.904 bits per heavy atom. The molecule has 3 heteroatoms. The van der Waals surface area contributed by atoms with Gasteiger partial charge >= 0.3 is 0 Å². The lowest BCUT2D eigenvalue weighted by Gasteiger charge is -2.26. The van der Waals surface area contributed by atoms with Gasteiger partial charge in [0, 0.05) is 45.6 Å². The fourth-order valence-corrected chi connectivity index (χ4v) is 7.79. The third kappa shape index (κ3) is 4.94. The van der Waals surface area contributed by atoms with Gasteiger partial charge < -0.3 is 9.32 Å². The zero-order valence-electron chi connectivity index (χ0n) is 28.3. The largest absolute Gasteiger partial charge is 0.455 e. The predicted molar refractivity (Wildman–Crippen MR) is 218 cm³/mol. The number of rotatable bonds is 6. The Balaban J connectivity index is 1.24. The number of hydrogen-bond donors (Lipinski definition) is 0. The monoisotopic (exact) mass is 664 g/mol. The summed E-state index contributed by atoms with van der Waals surface area (Å²) >= 11 is 0. The first-order valence-electron chi connectivity index (χ1n) is 17.6. The van der Waals surface area contributed by atoms with Gasteiger partial charge in [0.05, 0.1) is 0 Å². The summed E-state index contributed by atoms with van der Waals surface area (Å²) in [5.41, 5.74) is 12.1. The second-order valence-corrected chi connectivity index (χ2v) is 13.1. The fraction of sp³-hybridized carbons (Fsp3) is 0. The van der Waals surface area contributed by atoms with Crippen molar-refractivity contribution in [1.29, 1.82) is 0 Å². The van der Waals surface area contributed by atoms with E-state index in [1.165, 1.54) is 21.9 Å². The zero-order valence-corrected chi connectivity index (χ0v) is 28.3. The number of anilines is 3. The van der Waals surface area contributed by atoms with Crippen LogP contribution in [0.4, 0.5) is 17.1 Å². The van der Waals surface area contributed by atoms with Crippen LogP contribution in [0.1, 0.15) is 0 Å². The van der Waals surface area contributed by atoms with E-state index >= 15 is 0 Å². The van der Waals surface area contributed by atoms with Gasteiger partial charge in [0.2, 0.25) is 0 Å². The lowest BCUT2D eigenvalue weighted by Crippen LogP contribution is -2.09. The maximum atomic E-state index is 6.71. The molecule has 0 bridgehead atoms. The van der Waals surface area contributed by atoms with Crippen LogP contribution in [0.2, 0.25) is 0 Å². The van der Waals surface area contributed by atoms with Crippen molar-refractivity contribution in [3.8, 4) is 33.4 Å². The minimum Gasteiger partial charge on any atom is -0.455 e. The van der Waals surface area contributed by atoms with E-state index in [4.69, 9.17) is 4.42 Å². The molecule has 8 aromatic carbocycles. The number of aromatic nitrogens is 1. The number of pyridine rings is 1. The molecule has 0 fully saturated rings. The average Bonchev–Trinajstić information content (AvgIpc) is 3.61. The molecule has 0 amide bonds. The van der Waals surface area contributed by atoms with E-state index in [-0.39, 0.29) is 0 Å². The highest BCUT2D eigenvalue weighted by Gasteiger charge is 2.22. The summed E-state index contributed by atoms with van der Waals surface area (Å²) in [5.74, 6) is 0. The Bertz CT molecular complexity index is 2820. The van der Waals surface area contributed by atoms with Crippen LogP contribution in [0, 0.1) is 0 Å². The molecule has 0 radical (unpaired) electrons. The zero-order chi connectivity index (χ0) is 34.4. The molecule has 0 saturated carbocycles. The van der Waals surface area contributed by atoms with Crippen molar-refractivity contribution in [2.75, 3.05) is 4.90 Å². The molecule has 0 unspecified atom stereocenters. The van der Waals surface area contributed by atoms with E-state index in [0.29, 0.717) is 0 Å². The lowest BCUT2D eigenvalue weighted by atomic mass is 9.84. The van der Waals surface area contributed by atoms with E-state index in [0.717, 1.165) is 72.0 Å². The Hall–Kier alpha value is -6.97. The standard InChI is InChI=1S/C49H32N2O/c1-3-13-37(14-4-1)51(38-15-5-2-6-16-38)39-27-25-35(26-28-39)47-44-30-29-43-40-17-9-10-20-45(40)52-49(43)48(44)42-19-8-7-18-41(42)46(47)34-23-21-33(22-24-34)36-12-11-31-50-32-36/h1-32H. The maximum absolute atomic E-state index is 6.71. The van der Waals surface area contributed by atoms with Gasteiger partial charge in [0.1, 0.15) is 11.2 Å². The highest BCUT2D eigenvalue weighted by molar-refractivity contribution is 6.29.